The Balaban J connectivity index is 1.64. The molecule has 0 aliphatic carbocycles. The molecule has 3 rings (SSSR count). The molecular weight excluding hydrogens is 425 g/mol. The van der Waals surface area contributed by atoms with E-state index in [1.165, 1.54) is 41.3 Å². The summed E-state index contributed by atoms with van der Waals surface area (Å²) in [7, 11) is 0. The summed E-state index contributed by atoms with van der Waals surface area (Å²) in [6.07, 6.45) is -2.32. The van der Waals surface area contributed by atoms with Gasteiger partial charge in [0.1, 0.15) is 12.1 Å². The van der Waals surface area contributed by atoms with Crippen molar-refractivity contribution in [1.82, 2.24) is 14.8 Å². The number of carbonyl (C=O) groups excluding carboxylic acids is 1. The van der Waals surface area contributed by atoms with Crippen molar-refractivity contribution in [3.05, 3.63) is 81.2 Å². The molecule has 1 amide bonds. The lowest BCUT2D eigenvalue weighted by Gasteiger charge is -2.09. The first-order valence-corrected chi connectivity index (χ1v) is 8.77. The summed E-state index contributed by atoms with van der Waals surface area (Å²) in [6.45, 7) is 0. The van der Waals surface area contributed by atoms with Crippen LogP contribution in [0.5, 0.6) is 5.75 Å². The van der Waals surface area contributed by atoms with Crippen LogP contribution in [0.25, 0.3) is 16.1 Å². The van der Waals surface area contributed by atoms with Gasteiger partial charge in [0.15, 0.2) is 5.82 Å². The molecule has 30 heavy (non-hydrogen) atoms. The van der Waals surface area contributed by atoms with Gasteiger partial charge < -0.3 is 4.74 Å². The number of halogens is 4. The predicted molar refractivity (Wildman–Crippen MR) is 100 cm³/mol. The molecule has 3 aromatic rings. The fourth-order valence-corrected chi connectivity index (χ4v) is 2.86. The second-order valence-corrected chi connectivity index (χ2v) is 6.36. The Bertz CT molecular complexity index is 1110. The summed E-state index contributed by atoms with van der Waals surface area (Å²) in [4.78, 5) is 18.2. The van der Waals surface area contributed by atoms with Crippen molar-refractivity contribution in [2.45, 2.75) is 19.2 Å². The van der Waals surface area contributed by atoms with E-state index >= 15 is 0 Å². The average molecular weight is 437 g/mol. The second kappa shape index (κ2) is 8.85. The summed E-state index contributed by atoms with van der Waals surface area (Å²) in [5.74, 6) is -0.581. The molecule has 0 radical (unpaired) electrons. The highest BCUT2D eigenvalue weighted by atomic mass is 35.5. The molecule has 2 aromatic carbocycles. The number of azide groups is 1. The van der Waals surface area contributed by atoms with Crippen LogP contribution in [0.3, 0.4) is 0 Å². The first kappa shape index (κ1) is 21.2. The minimum absolute atomic E-state index is 0.110. The largest absolute Gasteiger partial charge is 0.573 e. The van der Waals surface area contributed by atoms with E-state index in [9.17, 15) is 18.0 Å². The molecule has 0 N–H and O–H groups in total. The van der Waals surface area contributed by atoms with Crippen molar-refractivity contribution < 1.29 is 22.7 Å². The van der Waals surface area contributed by atoms with Crippen LogP contribution in [0.2, 0.25) is 5.02 Å². The summed E-state index contributed by atoms with van der Waals surface area (Å²) in [6, 6.07) is 9.99. The molecule has 154 valence electrons. The third kappa shape index (κ3) is 5.49. The molecule has 0 saturated heterocycles. The van der Waals surface area contributed by atoms with E-state index in [1.54, 1.807) is 12.1 Å². The van der Waals surface area contributed by atoms with Crippen molar-refractivity contribution >= 4 is 17.5 Å². The number of hydrogen-bond donors (Lipinski definition) is 0. The van der Waals surface area contributed by atoms with Crippen LogP contribution in [-0.2, 0) is 12.8 Å². The topological polar surface area (TPSA) is 106 Å². The number of aryl methyl sites for hydroxylation is 2. The number of benzene rings is 2. The lowest BCUT2D eigenvalue weighted by Crippen LogP contribution is -2.17. The zero-order valence-electron chi connectivity index (χ0n) is 15.0. The number of hydrogen-bond acceptors (Lipinski definition) is 4. The molecule has 0 unspecified atom stereocenters. The van der Waals surface area contributed by atoms with Gasteiger partial charge in [0, 0.05) is 16.9 Å². The number of rotatable bonds is 6. The molecule has 0 aliphatic rings. The maximum absolute atomic E-state index is 12.2. The Morgan fingerprint density at radius 3 is 2.57 bits per heavy atom. The van der Waals surface area contributed by atoms with Gasteiger partial charge >= 0.3 is 6.36 Å². The molecule has 0 atom stereocenters. The fraction of sp³-hybridized carbons (Fsp3) is 0.167. The Labute approximate surface area is 172 Å². The standard InChI is InChI=1S/C18H12ClF3N6O2/c19-15-9-11(1-7-14(15)17(29)25-27-23)2-8-16-24-10-28(26-16)12-3-5-13(6-4-12)30-18(20,21)22/h1,3-7,9-10H,2,8H2. The van der Waals surface area contributed by atoms with E-state index < -0.39 is 12.3 Å². The van der Waals surface area contributed by atoms with Crippen LogP contribution in [0, 0.1) is 0 Å². The van der Waals surface area contributed by atoms with E-state index in [-0.39, 0.29) is 16.3 Å². The van der Waals surface area contributed by atoms with Gasteiger partial charge in [-0.1, -0.05) is 17.7 Å². The zero-order valence-corrected chi connectivity index (χ0v) is 15.8. The second-order valence-electron chi connectivity index (χ2n) is 5.96. The quantitative estimate of drug-likeness (QED) is 0.306. The van der Waals surface area contributed by atoms with E-state index in [2.05, 4.69) is 24.8 Å². The smallest absolute Gasteiger partial charge is 0.406 e. The average Bonchev–Trinajstić information content (AvgIpc) is 3.15. The maximum Gasteiger partial charge on any atom is 0.573 e. The number of nitrogens with zero attached hydrogens (tertiary/aromatic N) is 6. The van der Waals surface area contributed by atoms with E-state index in [1.807, 2.05) is 0 Å². The highest BCUT2D eigenvalue weighted by Gasteiger charge is 2.31. The van der Waals surface area contributed by atoms with Crippen LogP contribution in [0.4, 0.5) is 13.2 Å². The Morgan fingerprint density at radius 2 is 1.93 bits per heavy atom. The zero-order chi connectivity index (χ0) is 21.7. The normalized spacial score (nSPS) is 11.1. The Kier molecular flexibility index (Phi) is 6.24. The first-order chi connectivity index (χ1) is 14.2. The third-order valence-corrected chi connectivity index (χ3v) is 4.22. The lowest BCUT2D eigenvalue weighted by atomic mass is 10.1. The number of aromatic nitrogens is 3. The minimum Gasteiger partial charge on any atom is -0.406 e. The van der Waals surface area contributed by atoms with Gasteiger partial charge in [0.05, 0.1) is 10.7 Å². The van der Waals surface area contributed by atoms with Crippen LogP contribution in [0.15, 0.2) is 53.9 Å². The van der Waals surface area contributed by atoms with Crippen molar-refractivity contribution in [2.24, 2.45) is 5.11 Å². The van der Waals surface area contributed by atoms with Gasteiger partial charge in [-0.05, 0) is 59.0 Å². The van der Waals surface area contributed by atoms with Gasteiger partial charge in [0.2, 0.25) is 0 Å². The van der Waals surface area contributed by atoms with Crippen LogP contribution >= 0.6 is 11.6 Å². The molecule has 12 heteroatoms. The van der Waals surface area contributed by atoms with Gasteiger partial charge in [-0.25, -0.2) is 9.67 Å². The van der Waals surface area contributed by atoms with Crippen LogP contribution < -0.4 is 4.74 Å². The number of ether oxygens (including phenoxy) is 1. The molecule has 0 fully saturated rings. The maximum atomic E-state index is 12.2. The monoisotopic (exact) mass is 436 g/mol. The van der Waals surface area contributed by atoms with Gasteiger partial charge in [-0.3, -0.25) is 4.79 Å². The SMILES string of the molecule is [N-]=[N+]=NC(=O)c1ccc(CCc2ncn(-c3ccc(OC(F)(F)F)cc3)n2)cc1Cl. The van der Waals surface area contributed by atoms with Crippen LogP contribution in [-0.4, -0.2) is 27.0 Å². The lowest BCUT2D eigenvalue weighted by molar-refractivity contribution is -0.274. The fourth-order valence-electron chi connectivity index (χ4n) is 2.58. The van der Waals surface area contributed by atoms with Crippen molar-refractivity contribution in [3.8, 4) is 11.4 Å². The third-order valence-electron chi connectivity index (χ3n) is 3.91. The molecule has 1 aromatic heterocycles. The molecule has 0 bridgehead atoms. The van der Waals surface area contributed by atoms with Crippen molar-refractivity contribution in [3.63, 3.8) is 0 Å². The molecule has 1 heterocycles. The van der Waals surface area contributed by atoms with Crippen LogP contribution in [0.1, 0.15) is 21.7 Å². The summed E-state index contributed by atoms with van der Waals surface area (Å²) in [5.41, 5.74) is 9.78. The van der Waals surface area contributed by atoms with E-state index in [4.69, 9.17) is 17.1 Å². The number of alkyl halides is 3. The van der Waals surface area contributed by atoms with Gasteiger partial charge in [0.25, 0.3) is 5.91 Å². The minimum atomic E-state index is -4.75. The molecule has 8 nitrogen and oxygen atoms in total. The van der Waals surface area contributed by atoms with Crippen molar-refractivity contribution in [2.75, 3.05) is 0 Å². The van der Waals surface area contributed by atoms with Crippen molar-refractivity contribution in [1.29, 1.82) is 0 Å². The highest BCUT2D eigenvalue weighted by molar-refractivity contribution is 6.33. The number of carbonyl (C=O) groups is 1. The Hall–Kier alpha value is -3.56. The van der Waals surface area contributed by atoms with E-state index in [0.717, 1.165) is 5.56 Å². The summed E-state index contributed by atoms with van der Waals surface area (Å²) in [5, 5.41) is 7.47. The highest BCUT2D eigenvalue weighted by Crippen LogP contribution is 2.24. The summed E-state index contributed by atoms with van der Waals surface area (Å²) >= 11 is 6.06. The molecule has 0 spiro atoms. The molecule has 0 saturated carbocycles. The molecule has 0 aliphatic heterocycles. The first-order valence-electron chi connectivity index (χ1n) is 8.40. The predicted octanol–water partition coefficient (Wildman–Crippen LogP) is 5.06. The van der Waals surface area contributed by atoms with Gasteiger partial charge in [-0.15, -0.1) is 13.2 Å². The summed E-state index contributed by atoms with van der Waals surface area (Å²) < 4.78 is 41.9. The Morgan fingerprint density at radius 1 is 1.20 bits per heavy atom. The molecular formula is C18H12ClF3N6O2. The number of amides is 1. The van der Waals surface area contributed by atoms with E-state index in [0.29, 0.717) is 24.4 Å². The van der Waals surface area contributed by atoms with Gasteiger partial charge in [-0.2, -0.15) is 5.10 Å².